The molecule has 0 unspecified atom stereocenters. The Balaban J connectivity index is 2.61. The average Bonchev–Trinajstić information content (AvgIpc) is 2.69. The van der Waals surface area contributed by atoms with Crippen molar-refractivity contribution in [1.29, 1.82) is 0 Å². The van der Waals surface area contributed by atoms with Gasteiger partial charge >= 0.3 is 5.97 Å². The Hall–Kier alpha value is -1.45. The zero-order valence-corrected chi connectivity index (χ0v) is 9.42. The molecular formula is C11H6Cl2O3. The molecule has 1 aromatic heterocycles. The second kappa shape index (κ2) is 4.20. The minimum Gasteiger partial charge on any atom is -0.478 e. The summed E-state index contributed by atoms with van der Waals surface area (Å²) >= 11 is 11.9. The number of carboxylic acid groups (broad SMARTS) is 1. The Morgan fingerprint density at radius 1 is 1.25 bits per heavy atom. The van der Waals surface area contributed by atoms with Crippen molar-refractivity contribution >= 4 is 29.2 Å². The number of hydrogen-bond acceptors (Lipinski definition) is 2. The summed E-state index contributed by atoms with van der Waals surface area (Å²) in [5.41, 5.74) is 0.545. The van der Waals surface area contributed by atoms with Crippen molar-refractivity contribution in [3.05, 3.63) is 46.1 Å². The molecule has 82 valence electrons. The van der Waals surface area contributed by atoms with Crippen molar-refractivity contribution in [3.63, 3.8) is 0 Å². The van der Waals surface area contributed by atoms with Crippen molar-refractivity contribution in [2.75, 3.05) is 0 Å². The molecule has 1 heterocycles. The average molecular weight is 257 g/mol. The van der Waals surface area contributed by atoms with Crippen LogP contribution in [0.2, 0.25) is 10.0 Å². The molecule has 0 bridgehead atoms. The quantitative estimate of drug-likeness (QED) is 0.885. The Labute approximate surface area is 101 Å². The van der Waals surface area contributed by atoms with Crippen LogP contribution in [0.5, 0.6) is 0 Å². The smallest absolute Gasteiger partial charge is 0.335 e. The summed E-state index contributed by atoms with van der Waals surface area (Å²) in [6.07, 6.45) is 1.49. The SMILES string of the molecule is O=C(O)c1cc(Cl)c(-c2ccco2)c(Cl)c1. The molecule has 1 aromatic carbocycles. The van der Waals surface area contributed by atoms with Gasteiger partial charge in [-0.25, -0.2) is 4.79 Å². The molecule has 0 spiro atoms. The van der Waals surface area contributed by atoms with E-state index in [0.29, 0.717) is 11.3 Å². The highest BCUT2D eigenvalue weighted by Crippen LogP contribution is 2.35. The zero-order chi connectivity index (χ0) is 11.7. The summed E-state index contributed by atoms with van der Waals surface area (Å²) in [7, 11) is 0. The predicted molar refractivity (Wildman–Crippen MR) is 61.1 cm³/mol. The Morgan fingerprint density at radius 3 is 2.31 bits per heavy atom. The van der Waals surface area contributed by atoms with E-state index in [4.69, 9.17) is 32.7 Å². The number of hydrogen-bond donors (Lipinski definition) is 1. The first-order valence-electron chi connectivity index (χ1n) is 4.36. The van der Waals surface area contributed by atoms with E-state index in [2.05, 4.69) is 0 Å². The summed E-state index contributed by atoms with van der Waals surface area (Å²) in [5.74, 6) is -0.568. The summed E-state index contributed by atoms with van der Waals surface area (Å²) in [4.78, 5) is 10.8. The van der Waals surface area contributed by atoms with Gasteiger partial charge in [0, 0.05) is 0 Å². The number of aromatic carboxylic acids is 1. The second-order valence-corrected chi connectivity index (χ2v) is 3.91. The highest BCUT2D eigenvalue weighted by Gasteiger charge is 2.15. The van der Waals surface area contributed by atoms with Gasteiger partial charge in [-0.1, -0.05) is 23.2 Å². The Morgan fingerprint density at radius 2 is 1.88 bits per heavy atom. The fraction of sp³-hybridized carbons (Fsp3) is 0. The van der Waals surface area contributed by atoms with Crippen LogP contribution in [0, 0.1) is 0 Å². The van der Waals surface area contributed by atoms with Crippen molar-refractivity contribution < 1.29 is 14.3 Å². The monoisotopic (exact) mass is 256 g/mol. The third kappa shape index (κ3) is 1.92. The molecule has 0 saturated carbocycles. The molecule has 2 rings (SSSR count). The van der Waals surface area contributed by atoms with E-state index in [1.165, 1.54) is 18.4 Å². The van der Waals surface area contributed by atoms with Crippen LogP contribution in [-0.4, -0.2) is 11.1 Å². The molecule has 0 radical (unpaired) electrons. The number of benzene rings is 1. The standard InChI is InChI=1S/C11H6Cl2O3/c12-7-4-6(11(14)15)5-8(13)10(7)9-2-1-3-16-9/h1-5H,(H,14,15). The van der Waals surface area contributed by atoms with Crippen molar-refractivity contribution in [1.82, 2.24) is 0 Å². The third-order valence-corrected chi connectivity index (χ3v) is 2.65. The van der Waals surface area contributed by atoms with Crippen molar-refractivity contribution in [2.45, 2.75) is 0 Å². The molecule has 16 heavy (non-hydrogen) atoms. The fourth-order valence-electron chi connectivity index (χ4n) is 1.35. The van der Waals surface area contributed by atoms with E-state index in [-0.39, 0.29) is 15.6 Å². The predicted octanol–water partition coefficient (Wildman–Crippen LogP) is 3.95. The number of halogens is 2. The van der Waals surface area contributed by atoms with Crippen LogP contribution < -0.4 is 0 Å². The summed E-state index contributed by atoms with van der Waals surface area (Å²) in [6.45, 7) is 0. The topological polar surface area (TPSA) is 50.4 Å². The van der Waals surface area contributed by atoms with E-state index in [9.17, 15) is 4.79 Å². The van der Waals surface area contributed by atoms with Crippen molar-refractivity contribution in [2.24, 2.45) is 0 Å². The van der Waals surface area contributed by atoms with Gasteiger partial charge < -0.3 is 9.52 Å². The molecule has 0 aliphatic carbocycles. The molecule has 0 fully saturated rings. The van der Waals surface area contributed by atoms with E-state index < -0.39 is 5.97 Å². The largest absolute Gasteiger partial charge is 0.478 e. The first-order chi connectivity index (χ1) is 7.59. The van der Waals surface area contributed by atoms with Crippen molar-refractivity contribution in [3.8, 4) is 11.3 Å². The van der Waals surface area contributed by atoms with Gasteiger partial charge in [0.15, 0.2) is 0 Å². The molecule has 1 N–H and O–H groups in total. The first kappa shape index (κ1) is 11.0. The maximum absolute atomic E-state index is 10.8. The zero-order valence-electron chi connectivity index (χ0n) is 7.91. The number of carbonyl (C=O) groups is 1. The molecule has 0 amide bonds. The maximum atomic E-state index is 10.8. The lowest BCUT2D eigenvalue weighted by molar-refractivity contribution is 0.0697. The van der Waals surface area contributed by atoms with Gasteiger partial charge in [0.1, 0.15) is 5.76 Å². The number of rotatable bonds is 2. The summed E-state index contributed by atoms with van der Waals surface area (Å²) in [5, 5.41) is 9.31. The van der Waals surface area contributed by atoms with Gasteiger partial charge in [-0.15, -0.1) is 0 Å². The first-order valence-corrected chi connectivity index (χ1v) is 5.11. The molecule has 0 aliphatic heterocycles. The van der Waals surface area contributed by atoms with Crippen LogP contribution in [-0.2, 0) is 0 Å². The normalized spacial score (nSPS) is 10.4. The van der Waals surface area contributed by atoms with Crippen LogP contribution >= 0.6 is 23.2 Å². The van der Waals surface area contributed by atoms with E-state index in [1.54, 1.807) is 12.1 Å². The molecule has 0 aliphatic rings. The van der Waals surface area contributed by atoms with E-state index >= 15 is 0 Å². The minimum atomic E-state index is -1.07. The lowest BCUT2D eigenvalue weighted by Crippen LogP contribution is -1.96. The van der Waals surface area contributed by atoms with Crippen LogP contribution in [0.15, 0.2) is 34.9 Å². The third-order valence-electron chi connectivity index (χ3n) is 2.06. The highest BCUT2D eigenvalue weighted by molar-refractivity contribution is 6.39. The molecule has 2 aromatic rings. The maximum Gasteiger partial charge on any atom is 0.335 e. The summed E-state index contributed by atoms with van der Waals surface area (Å²) in [6, 6.07) is 6.09. The lowest BCUT2D eigenvalue weighted by Gasteiger charge is -2.05. The number of carboxylic acids is 1. The van der Waals surface area contributed by atoms with E-state index in [1.807, 2.05) is 0 Å². The Kier molecular flexibility index (Phi) is 2.90. The number of furan rings is 1. The molecule has 5 heteroatoms. The molecule has 3 nitrogen and oxygen atoms in total. The minimum absolute atomic E-state index is 0.0466. The second-order valence-electron chi connectivity index (χ2n) is 3.10. The van der Waals surface area contributed by atoms with Gasteiger partial charge in [-0.2, -0.15) is 0 Å². The van der Waals surface area contributed by atoms with Crippen LogP contribution in [0.3, 0.4) is 0 Å². The Bertz CT molecular complexity index is 509. The lowest BCUT2D eigenvalue weighted by atomic mass is 10.1. The van der Waals surface area contributed by atoms with Crippen LogP contribution in [0.1, 0.15) is 10.4 Å². The molecular weight excluding hydrogens is 251 g/mol. The molecule has 0 atom stereocenters. The van der Waals surface area contributed by atoms with Gasteiger partial charge in [-0.05, 0) is 24.3 Å². The molecule has 0 saturated heterocycles. The van der Waals surface area contributed by atoms with Gasteiger partial charge in [0.2, 0.25) is 0 Å². The van der Waals surface area contributed by atoms with Gasteiger partial charge in [-0.3, -0.25) is 0 Å². The summed E-state index contributed by atoms with van der Waals surface area (Å²) < 4.78 is 5.17. The van der Waals surface area contributed by atoms with Gasteiger partial charge in [0.25, 0.3) is 0 Å². The van der Waals surface area contributed by atoms with Crippen LogP contribution in [0.25, 0.3) is 11.3 Å². The van der Waals surface area contributed by atoms with Crippen LogP contribution in [0.4, 0.5) is 0 Å². The van der Waals surface area contributed by atoms with E-state index in [0.717, 1.165) is 0 Å². The van der Waals surface area contributed by atoms with Gasteiger partial charge in [0.05, 0.1) is 27.4 Å². The fourth-order valence-corrected chi connectivity index (χ4v) is 2.03. The highest BCUT2D eigenvalue weighted by atomic mass is 35.5.